The highest BCUT2D eigenvalue weighted by Crippen LogP contribution is 2.39. The highest BCUT2D eigenvalue weighted by Gasteiger charge is 2.24. The van der Waals surface area contributed by atoms with Gasteiger partial charge in [0, 0.05) is 23.0 Å². The van der Waals surface area contributed by atoms with Gasteiger partial charge in [0.15, 0.2) is 0 Å². The van der Waals surface area contributed by atoms with E-state index in [1.165, 1.54) is 6.08 Å². The molecule has 1 aromatic carbocycles. The number of hydrogen-bond acceptors (Lipinski definition) is 2. The van der Waals surface area contributed by atoms with Gasteiger partial charge in [0.2, 0.25) is 0 Å². The molecule has 154 valence electrons. The number of pyridine rings is 1. The van der Waals surface area contributed by atoms with Crippen LogP contribution >= 0.6 is 0 Å². The van der Waals surface area contributed by atoms with Crippen molar-refractivity contribution in [3.8, 4) is 0 Å². The van der Waals surface area contributed by atoms with E-state index in [9.17, 15) is 4.39 Å². The molecule has 0 saturated heterocycles. The Morgan fingerprint density at radius 1 is 1.03 bits per heavy atom. The minimum absolute atomic E-state index is 0.336. The predicted octanol–water partition coefficient (Wildman–Crippen LogP) is 7.14. The number of fused-ring (bicyclic) bond motifs is 1. The number of halogens is 2. The standard InChI is InChI=1S/C25H25F2N3/c1-5-19-10-7-11-21-28-24(22-15(2)12-13-18(26)14-20(22)27)25(30(19)21)29-23-16(3)8-6-9-17(23)4/h6-11,13-14,29H,5,12H2,1-4H3. The Morgan fingerprint density at radius 2 is 1.73 bits per heavy atom. The third-order valence-electron chi connectivity index (χ3n) is 5.58. The van der Waals surface area contributed by atoms with E-state index < -0.39 is 11.7 Å². The molecule has 1 aliphatic rings. The molecule has 0 saturated carbocycles. The molecule has 3 nitrogen and oxygen atoms in total. The molecule has 4 rings (SSSR count). The topological polar surface area (TPSA) is 29.3 Å². The molecule has 0 spiro atoms. The van der Waals surface area contributed by atoms with Crippen molar-refractivity contribution in [2.45, 2.75) is 40.5 Å². The SMILES string of the molecule is CCc1cccc2nc(C3=C(C)CC=C(F)C=C3F)c(Nc3c(C)cccc3C)n12. The second kappa shape index (κ2) is 7.90. The van der Waals surface area contributed by atoms with Gasteiger partial charge in [0.25, 0.3) is 0 Å². The Bertz CT molecular complexity index is 1210. The van der Waals surface area contributed by atoms with Crippen molar-refractivity contribution in [2.75, 3.05) is 5.32 Å². The van der Waals surface area contributed by atoms with Crippen LogP contribution in [0.1, 0.15) is 42.8 Å². The second-order valence-corrected chi connectivity index (χ2v) is 7.71. The summed E-state index contributed by atoms with van der Waals surface area (Å²) in [5, 5.41) is 3.54. The molecule has 0 fully saturated rings. The summed E-state index contributed by atoms with van der Waals surface area (Å²) in [4.78, 5) is 4.78. The molecule has 1 N–H and O–H groups in total. The number of nitrogens with one attached hydrogen (secondary N) is 1. The first-order valence-corrected chi connectivity index (χ1v) is 10.2. The molecule has 0 atom stereocenters. The molecule has 1 aliphatic carbocycles. The van der Waals surface area contributed by atoms with Crippen LogP contribution in [-0.2, 0) is 6.42 Å². The summed E-state index contributed by atoms with van der Waals surface area (Å²) in [6, 6.07) is 12.0. The Hall–Kier alpha value is -3.21. The number of rotatable bonds is 4. The highest BCUT2D eigenvalue weighted by atomic mass is 19.1. The number of para-hydroxylation sites is 1. The van der Waals surface area contributed by atoms with Gasteiger partial charge < -0.3 is 5.32 Å². The Labute approximate surface area is 175 Å². The maximum Gasteiger partial charge on any atom is 0.143 e. The van der Waals surface area contributed by atoms with E-state index in [2.05, 4.69) is 12.2 Å². The molecule has 5 heteroatoms. The second-order valence-electron chi connectivity index (χ2n) is 7.71. The van der Waals surface area contributed by atoms with Crippen LogP contribution in [0.3, 0.4) is 0 Å². The third-order valence-corrected chi connectivity index (χ3v) is 5.58. The monoisotopic (exact) mass is 405 g/mol. The molecule has 0 bridgehead atoms. The summed E-state index contributed by atoms with van der Waals surface area (Å²) in [5.74, 6) is -0.478. The molecule has 2 heterocycles. The van der Waals surface area contributed by atoms with Crippen molar-refractivity contribution >= 4 is 22.7 Å². The van der Waals surface area contributed by atoms with Crippen molar-refractivity contribution in [1.29, 1.82) is 0 Å². The van der Waals surface area contributed by atoms with Gasteiger partial charge in [-0.25, -0.2) is 13.8 Å². The predicted molar refractivity (Wildman–Crippen MR) is 119 cm³/mol. The molecular formula is C25H25F2N3. The highest BCUT2D eigenvalue weighted by molar-refractivity contribution is 5.87. The van der Waals surface area contributed by atoms with Gasteiger partial charge in [-0.15, -0.1) is 0 Å². The summed E-state index contributed by atoms with van der Waals surface area (Å²) in [7, 11) is 0. The van der Waals surface area contributed by atoms with Gasteiger partial charge in [-0.05, 0) is 62.9 Å². The molecule has 3 aromatic rings. The average molecular weight is 405 g/mol. The first-order chi connectivity index (χ1) is 14.4. The lowest BCUT2D eigenvalue weighted by Crippen LogP contribution is -2.05. The van der Waals surface area contributed by atoms with E-state index in [0.29, 0.717) is 23.5 Å². The Balaban J connectivity index is 2.02. The van der Waals surface area contributed by atoms with Crippen LogP contribution in [0.25, 0.3) is 11.2 Å². The zero-order valence-corrected chi connectivity index (χ0v) is 17.7. The molecule has 0 radical (unpaired) electrons. The number of aryl methyl sites for hydroxylation is 3. The van der Waals surface area contributed by atoms with Crippen LogP contribution in [0.4, 0.5) is 20.3 Å². The van der Waals surface area contributed by atoms with Crippen LogP contribution in [0.15, 0.2) is 65.8 Å². The average Bonchev–Trinajstić information content (AvgIpc) is 3.01. The molecular weight excluding hydrogens is 380 g/mol. The molecule has 30 heavy (non-hydrogen) atoms. The van der Waals surface area contributed by atoms with E-state index in [1.54, 1.807) is 0 Å². The van der Waals surface area contributed by atoms with Crippen molar-refractivity contribution in [3.63, 3.8) is 0 Å². The van der Waals surface area contributed by atoms with Crippen LogP contribution in [0.2, 0.25) is 0 Å². The minimum Gasteiger partial charge on any atom is -0.339 e. The fourth-order valence-corrected chi connectivity index (χ4v) is 3.98. The first-order valence-electron chi connectivity index (χ1n) is 10.2. The molecule has 0 amide bonds. The van der Waals surface area contributed by atoms with Gasteiger partial charge >= 0.3 is 0 Å². The molecule has 2 aromatic heterocycles. The number of anilines is 2. The molecule has 0 aliphatic heterocycles. The van der Waals surface area contributed by atoms with Crippen molar-refractivity contribution in [2.24, 2.45) is 0 Å². The van der Waals surface area contributed by atoms with Crippen LogP contribution < -0.4 is 5.32 Å². The third kappa shape index (κ3) is 3.45. The van der Waals surface area contributed by atoms with Crippen LogP contribution in [0, 0.1) is 13.8 Å². The fraction of sp³-hybridized carbons (Fsp3) is 0.240. The van der Waals surface area contributed by atoms with E-state index in [4.69, 9.17) is 4.98 Å². The van der Waals surface area contributed by atoms with Gasteiger partial charge in [0.1, 0.15) is 28.8 Å². The van der Waals surface area contributed by atoms with Crippen LogP contribution in [0.5, 0.6) is 0 Å². The zero-order valence-electron chi connectivity index (χ0n) is 17.7. The maximum atomic E-state index is 15.1. The van der Waals surface area contributed by atoms with E-state index in [-0.39, 0.29) is 0 Å². The number of allylic oxidation sites excluding steroid dienone is 6. The summed E-state index contributed by atoms with van der Waals surface area (Å²) in [6.45, 7) is 7.97. The number of benzene rings is 1. The van der Waals surface area contributed by atoms with Gasteiger partial charge in [0.05, 0.1) is 0 Å². The lowest BCUT2D eigenvalue weighted by molar-refractivity contribution is 0.634. The van der Waals surface area contributed by atoms with E-state index >= 15 is 4.39 Å². The minimum atomic E-state index is -0.607. The Kier molecular flexibility index (Phi) is 5.29. The van der Waals surface area contributed by atoms with Crippen LogP contribution in [-0.4, -0.2) is 9.38 Å². The lowest BCUT2D eigenvalue weighted by Gasteiger charge is -2.16. The Morgan fingerprint density at radius 3 is 2.43 bits per heavy atom. The van der Waals surface area contributed by atoms with Gasteiger partial charge in [-0.3, -0.25) is 4.40 Å². The summed E-state index contributed by atoms with van der Waals surface area (Å²) < 4.78 is 31.1. The first kappa shape index (κ1) is 20.1. The van der Waals surface area contributed by atoms with E-state index in [0.717, 1.165) is 46.2 Å². The fourth-order valence-electron chi connectivity index (χ4n) is 3.98. The number of imidazole rings is 1. The summed E-state index contributed by atoms with van der Waals surface area (Å²) in [5.41, 5.74) is 6.49. The van der Waals surface area contributed by atoms with E-state index in [1.807, 2.05) is 61.6 Å². The smallest absolute Gasteiger partial charge is 0.143 e. The lowest BCUT2D eigenvalue weighted by atomic mass is 10.0. The van der Waals surface area contributed by atoms with Gasteiger partial charge in [-0.1, -0.05) is 36.8 Å². The van der Waals surface area contributed by atoms with Crippen molar-refractivity contribution in [3.05, 3.63) is 88.3 Å². The van der Waals surface area contributed by atoms with Crippen molar-refractivity contribution < 1.29 is 8.78 Å². The summed E-state index contributed by atoms with van der Waals surface area (Å²) >= 11 is 0. The van der Waals surface area contributed by atoms with Gasteiger partial charge in [-0.2, -0.15) is 0 Å². The summed E-state index contributed by atoms with van der Waals surface area (Å²) in [6.07, 6.45) is 3.47. The normalized spacial score (nSPS) is 14.6. The van der Waals surface area contributed by atoms with Crippen molar-refractivity contribution in [1.82, 2.24) is 9.38 Å². The largest absolute Gasteiger partial charge is 0.339 e. The molecule has 0 unspecified atom stereocenters. The maximum absolute atomic E-state index is 15.1. The number of aromatic nitrogens is 2. The number of nitrogens with zero attached hydrogens (tertiary/aromatic N) is 2. The quantitative estimate of drug-likeness (QED) is 0.500. The zero-order chi connectivity index (χ0) is 21.4. The number of hydrogen-bond donors (Lipinski definition) is 1.